The first-order valence-corrected chi connectivity index (χ1v) is 9.50. The first-order valence-electron chi connectivity index (χ1n) is 8.06. The highest BCUT2D eigenvalue weighted by atomic mass is 32.2. The van der Waals surface area contributed by atoms with Crippen LogP contribution >= 0.6 is 0 Å². The van der Waals surface area contributed by atoms with Gasteiger partial charge in [-0.3, -0.25) is 4.79 Å². The summed E-state index contributed by atoms with van der Waals surface area (Å²) < 4.78 is 27.1. The van der Waals surface area contributed by atoms with Crippen LogP contribution in [-0.2, 0) is 10.0 Å². The molecule has 2 saturated heterocycles. The molecule has 0 bridgehead atoms. The Morgan fingerprint density at radius 1 is 1.17 bits per heavy atom. The van der Waals surface area contributed by atoms with Crippen LogP contribution < -0.4 is 0 Å². The number of benzene rings is 1. The number of aliphatic hydroxyl groups excluding tert-OH is 1. The Hall–Kier alpha value is -1.44. The fraction of sp³-hybridized carbons (Fsp3) is 0.562. The van der Waals surface area contributed by atoms with Crippen LogP contribution in [0.1, 0.15) is 36.0 Å². The van der Waals surface area contributed by atoms with E-state index in [2.05, 4.69) is 0 Å². The summed E-state index contributed by atoms with van der Waals surface area (Å²) in [6, 6.07) is 5.87. The summed E-state index contributed by atoms with van der Waals surface area (Å²) in [5.74, 6) is -0.120. The smallest absolute Gasteiger partial charge is 0.253 e. The number of aliphatic hydroxyl groups is 1. The predicted octanol–water partition coefficient (Wildman–Crippen LogP) is 1.07. The van der Waals surface area contributed by atoms with Crippen molar-refractivity contribution in [3.05, 3.63) is 29.8 Å². The highest BCUT2D eigenvalue weighted by Gasteiger charge is 2.33. The maximum absolute atomic E-state index is 12.9. The molecule has 1 aromatic rings. The zero-order valence-electron chi connectivity index (χ0n) is 13.0. The number of hydrogen-bond acceptors (Lipinski definition) is 4. The van der Waals surface area contributed by atoms with Crippen molar-refractivity contribution < 1.29 is 18.3 Å². The quantitative estimate of drug-likeness (QED) is 0.891. The van der Waals surface area contributed by atoms with Crippen LogP contribution in [-0.4, -0.2) is 60.9 Å². The van der Waals surface area contributed by atoms with E-state index < -0.39 is 10.0 Å². The fourth-order valence-electron chi connectivity index (χ4n) is 3.10. The molecule has 126 valence electrons. The SMILES string of the molecule is O=C(c1cccc(S(=O)(=O)N2CCCCC2CO)c1)N1CCC1. The molecule has 3 rings (SSSR count). The molecule has 23 heavy (non-hydrogen) atoms. The molecule has 0 radical (unpaired) electrons. The first-order chi connectivity index (χ1) is 11.0. The Bertz CT molecular complexity index is 685. The predicted molar refractivity (Wildman–Crippen MR) is 85.6 cm³/mol. The second-order valence-electron chi connectivity index (χ2n) is 6.12. The van der Waals surface area contributed by atoms with Gasteiger partial charge in [-0.2, -0.15) is 4.31 Å². The van der Waals surface area contributed by atoms with E-state index in [0.29, 0.717) is 18.5 Å². The number of sulfonamides is 1. The molecular weight excluding hydrogens is 316 g/mol. The Labute approximate surface area is 136 Å². The summed E-state index contributed by atoms with van der Waals surface area (Å²) in [7, 11) is -3.69. The average molecular weight is 338 g/mol. The zero-order chi connectivity index (χ0) is 16.4. The van der Waals surface area contributed by atoms with Crippen LogP contribution in [0.4, 0.5) is 0 Å². The Kier molecular flexibility index (Phi) is 4.70. The molecule has 1 unspecified atom stereocenters. The lowest BCUT2D eigenvalue weighted by Gasteiger charge is -2.34. The number of piperidine rings is 1. The van der Waals surface area contributed by atoms with Crippen molar-refractivity contribution in [2.45, 2.75) is 36.6 Å². The van der Waals surface area contributed by atoms with Gasteiger partial charge >= 0.3 is 0 Å². The van der Waals surface area contributed by atoms with E-state index in [1.165, 1.54) is 16.4 Å². The van der Waals surface area contributed by atoms with Crippen LogP contribution in [0.25, 0.3) is 0 Å². The molecule has 0 saturated carbocycles. The molecule has 2 fully saturated rings. The highest BCUT2D eigenvalue weighted by molar-refractivity contribution is 7.89. The van der Waals surface area contributed by atoms with Crippen LogP contribution in [0, 0.1) is 0 Å². The van der Waals surface area contributed by atoms with Gasteiger partial charge in [0.15, 0.2) is 0 Å². The number of amides is 1. The summed E-state index contributed by atoms with van der Waals surface area (Å²) in [4.78, 5) is 14.1. The largest absolute Gasteiger partial charge is 0.395 e. The lowest BCUT2D eigenvalue weighted by Crippen LogP contribution is -2.45. The lowest BCUT2D eigenvalue weighted by molar-refractivity contribution is 0.0651. The van der Waals surface area contributed by atoms with Crippen LogP contribution in [0.2, 0.25) is 0 Å². The lowest BCUT2D eigenvalue weighted by atomic mass is 10.1. The summed E-state index contributed by atoms with van der Waals surface area (Å²) >= 11 is 0. The molecule has 1 amide bonds. The van der Waals surface area contributed by atoms with Gasteiger partial charge in [-0.1, -0.05) is 12.5 Å². The van der Waals surface area contributed by atoms with Gasteiger partial charge in [0.1, 0.15) is 0 Å². The van der Waals surface area contributed by atoms with Gasteiger partial charge in [-0.25, -0.2) is 8.42 Å². The van der Waals surface area contributed by atoms with E-state index in [4.69, 9.17) is 0 Å². The minimum absolute atomic E-state index is 0.120. The second kappa shape index (κ2) is 6.59. The van der Waals surface area contributed by atoms with Gasteiger partial charge in [0, 0.05) is 31.2 Å². The number of carbonyl (C=O) groups is 1. The normalized spacial score (nSPS) is 22.7. The maximum Gasteiger partial charge on any atom is 0.253 e. The molecule has 1 N–H and O–H groups in total. The van der Waals surface area contributed by atoms with Crippen LogP contribution in [0.3, 0.4) is 0 Å². The van der Waals surface area contributed by atoms with E-state index in [1.54, 1.807) is 17.0 Å². The highest BCUT2D eigenvalue weighted by Crippen LogP contribution is 2.26. The van der Waals surface area contributed by atoms with E-state index >= 15 is 0 Å². The van der Waals surface area contributed by atoms with Gasteiger partial charge in [0.2, 0.25) is 10.0 Å². The van der Waals surface area contributed by atoms with Crippen molar-refractivity contribution in [1.29, 1.82) is 0 Å². The minimum atomic E-state index is -3.69. The van der Waals surface area contributed by atoms with Gasteiger partial charge in [0.25, 0.3) is 5.91 Å². The molecule has 2 aliphatic rings. The summed E-state index contributed by atoms with van der Waals surface area (Å²) in [5.41, 5.74) is 0.406. The monoisotopic (exact) mass is 338 g/mol. The molecule has 0 aromatic heterocycles. The van der Waals surface area contributed by atoms with Crippen molar-refractivity contribution in [1.82, 2.24) is 9.21 Å². The Morgan fingerprint density at radius 2 is 1.96 bits per heavy atom. The van der Waals surface area contributed by atoms with Crippen molar-refractivity contribution >= 4 is 15.9 Å². The molecule has 6 nitrogen and oxygen atoms in total. The fourth-order valence-corrected chi connectivity index (χ4v) is 4.83. The molecule has 0 spiro atoms. The first kappa shape index (κ1) is 16.4. The van der Waals surface area contributed by atoms with E-state index in [1.807, 2.05) is 0 Å². The van der Waals surface area contributed by atoms with Gasteiger partial charge in [0.05, 0.1) is 11.5 Å². The number of hydrogen-bond donors (Lipinski definition) is 1. The summed E-state index contributed by atoms with van der Waals surface area (Å²) in [6.07, 6.45) is 3.38. The number of nitrogens with zero attached hydrogens (tertiary/aromatic N) is 2. The number of rotatable bonds is 4. The van der Waals surface area contributed by atoms with Gasteiger partial charge in [-0.15, -0.1) is 0 Å². The van der Waals surface area contributed by atoms with E-state index in [-0.39, 0.29) is 23.5 Å². The van der Waals surface area contributed by atoms with E-state index in [0.717, 1.165) is 32.4 Å². The van der Waals surface area contributed by atoms with E-state index in [9.17, 15) is 18.3 Å². The number of carbonyl (C=O) groups excluding carboxylic acids is 1. The Morgan fingerprint density at radius 3 is 2.61 bits per heavy atom. The van der Waals surface area contributed by atoms with Gasteiger partial charge < -0.3 is 10.0 Å². The molecule has 0 aliphatic carbocycles. The number of likely N-dealkylation sites (tertiary alicyclic amines) is 1. The molecule has 1 atom stereocenters. The Balaban J connectivity index is 1.88. The molecular formula is C16H22N2O4S. The van der Waals surface area contributed by atoms with Crippen LogP contribution in [0.15, 0.2) is 29.2 Å². The minimum Gasteiger partial charge on any atom is -0.395 e. The van der Waals surface area contributed by atoms with Crippen molar-refractivity contribution in [2.75, 3.05) is 26.2 Å². The second-order valence-corrected chi connectivity index (χ2v) is 8.01. The molecule has 7 heteroatoms. The molecule has 2 heterocycles. The third kappa shape index (κ3) is 3.13. The van der Waals surface area contributed by atoms with Crippen molar-refractivity contribution in [3.63, 3.8) is 0 Å². The van der Waals surface area contributed by atoms with Gasteiger partial charge in [-0.05, 0) is 37.5 Å². The zero-order valence-corrected chi connectivity index (χ0v) is 13.8. The van der Waals surface area contributed by atoms with Crippen molar-refractivity contribution in [3.8, 4) is 0 Å². The summed E-state index contributed by atoms with van der Waals surface area (Å²) in [6.45, 7) is 1.70. The van der Waals surface area contributed by atoms with Crippen molar-refractivity contribution in [2.24, 2.45) is 0 Å². The molecule has 1 aromatic carbocycles. The maximum atomic E-state index is 12.9. The average Bonchev–Trinajstić information content (AvgIpc) is 2.53. The molecule has 2 aliphatic heterocycles. The third-order valence-corrected chi connectivity index (χ3v) is 6.56. The standard InChI is InChI=1S/C16H22N2O4S/c19-12-14-6-1-2-10-18(14)23(21,22)15-7-3-5-13(11-15)16(20)17-8-4-9-17/h3,5,7,11,14,19H,1-2,4,6,8-10,12H2. The third-order valence-electron chi connectivity index (χ3n) is 4.61. The van der Waals surface area contributed by atoms with Crippen LogP contribution in [0.5, 0.6) is 0 Å². The summed E-state index contributed by atoms with van der Waals surface area (Å²) in [5, 5.41) is 9.46. The topological polar surface area (TPSA) is 77.9 Å².